The van der Waals surface area contributed by atoms with Crippen molar-refractivity contribution in [2.75, 3.05) is 18.5 Å². The number of carboxylic acid groups (broad SMARTS) is 1. The normalized spacial score (nSPS) is 19.3. The summed E-state index contributed by atoms with van der Waals surface area (Å²) in [5.41, 5.74) is 0.588. The molecule has 8 nitrogen and oxygen atoms in total. The van der Waals surface area contributed by atoms with Crippen molar-refractivity contribution in [3.05, 3.63) is 24.3 Å². The summed E-state index contributed by atoms with van der Waals surface area (Å²) in [5.74, 6) is -1.01. The molecule has 0 spiro atoms. The van der Waals surface area contributed by atoms with Crippen molar-refractivity contribution in [1.29, 1.82) is 0 Å². The highest BCUT2D eigenvalue weighted by atomic mass is 16.6. The zero-order valence-electron chi connectivity index (χ0n) is 14.7. The zero-order valence-corrected chi connectivity index (χ0v) is 14.7. The highest BCUT2D eigenvalue weighted by Crippen LogP contribution is 2.24. The first-order chi connectivity index (χ1) is 12.5. The Morgan fingerprint density at radius 3 is 2.35 bits per heavy atom. The number of ether oxygens (including phenoxy) is 2. The second-order valence-electron chi connectivity index (χ2n) is 6.10. The maximum atomic E-state index is 12.0. The molecule has 8 heteroatoms. The average molecular weight is 364 g/mol. The lowest BCUT2D eigenvalue weighted by molar-refractivity contribution is -0.145. The number of carbonyl (C=O) groups is 3. The number of rotatable bonds is 7. The molecule has 142 valence electrons. The molecule has 0 atom stereocenters. The smallest absolute Gasteiger partial charge is 0.344 e. The third-order valence-electron chi connectivity index (χ3n) is 4.19. The molecule has 0 aliphatic heterocycles. The van der Waals surface area contributed by atoms with Crippen LogP contribution in [-0.4, -0.2) is 42.3 Å². The van der Waals surface area contributed by atoms with Gasteiger partial charge in [0.2, 0.25) is 0 Å². The van der Waals surface area contributed by atoms with Gasteiger partial charge >= 0.3 is 18.0 Å². The van der Waals surface area contributed by atoms with Crippen molar-refractivity contribution in [1.82, 2.24) is 5.32 Å². The van der Waals surface area contributed by atoms with Crippen LogP contribution in [0.2, 0.25) is 0 Å². The Morgan fingerprint density at radius 2 is 1.77 bits per heavy atom. The largest absolute Gasteiger partial charge is 0.482 e. The van der Waals surface area contributed by atoms with Gasteiger partial charge in [-0.1, -0.05) is 0 Å². The fourth-order valence-corrected chi connectivity index (χ4v) is 2.82. The monoisotopic (exact) mass is 364 g/mol. The van der Waals surface area contributed by atoms with Crippen LogP contribution < -0.4 is 15.4 Å². The zero-order chi connectivity index (χ0) is 18.9. The maximum absolute atomic E-state index is 12.0. The number of aliphatic carboxylic acids is 1. The van der Waals surface area contributed by atoms with Crippen LogP contribution in [0.5, 0.6) is 5.75 Å². The quantitative estimate of drug-likeness (QED) is 0.640. The average Bonchev–Trinajstić information content (AvgIpc) is 2.62. The molecule has 1 saturated carbocycles. The first-order valence-corrected chi connectivity index (χ1v) is 8.66. The molecule has 2 amide bonds. The highest BCUT2D eigenvalue weighted by molar-refractivity contribution is 5.89. The number of hydrogen-bond donors (Lipinski definition) is 3. The van der Waals surface area contributed by atoms with E-state index in [1.807, 2.05) is 0 Å². The van der Waals surface area contributed by atoms with Gasteiger partial charge < -0.3 is 25.2 Å². The van der Waals surface area contributed by atoms with Gasteiger partial charge in [0.15, 0.2) is 6.61 Å². The van der Waals surface area contributed by atoms with E-state index in [1.165, 1.54) is 0 Å². The predicted octanol–water partition coefficient (Wildman–Crippen LogP) is 2.39. The van der Waals surface area contributed by atoms with Crippen molar-refractivity contribution in [3.63, 3.8) is 0 Å². The van der Waals surface area contributed by atoms with E-state index in [2.05, 4.69) is 10.6 Å². The second-order valence-corrected chi connectivity index (χ2v) is 6.10. The second kappa shape index (κ2) is 9.65. The van der Waals surface area contributed by atoms with Crippen LogP contribution >= 0.6 is 0 Å². The lowest BCUT2D eigenvalue weighted by Crippen LogP contribution is -2.40. The molecular formula is C18H24N2O6. The highest BCUT2D eigenvalue weighted by Gasteiger charge is 2.26. The van der Waals surface area contributed by atoms with E-state index in [0.717, 1.165) is 0 Å². The fraction of sp³-hybridized carbons (Fsp3) is 0.500. The molecule has 0 aromatic heterocycles. The van der Waals surface area contributed by atoms with Crippen molar-refractivity contribution < 1.29 is 29.0 Å². The first-order valence-electron chi connectivity index (χ1n) is 8.66. The Balaban J connectivity index is 1.73. The van der Waals surface area contributed by atoms with Crippen molar-refractivity contribution in [3.8, 4) is 5.75 Å². The number of esters is 1. The molecule has 2 rings (SSSR count). The molecule has 1 fully saturated rings. The van der Waals surface area contributed by atoms with Crippen LogP contribution in [0, 0.1) is 5.92 Å². The Kier molecular flexibility index (Phi) is 7.25. The minimum Gasteiger partial charge on any atom is -0.482 e. The van der Waals surface area contributed by atoms with Crippen LogP contribution in [0.15, 0.2) is 24.3 Å². The molecule has 0 radical (unpaired) electrons. The van der Waals surface area contributed by atoms with E-state index >= 15 is 0 Å². The number of nitrogens with one attached hydrogen (secondary N) is 2. The van der Waals surface area contributed by atoms with Crippen LogP contribution in [0.3, 0.4) is 0 Å². The predicted molar refractivity (Wildman–Crippen MR) is 94.1 cm³/mol. The molecule has 1 aliphatic carbocycles. The van der Waals surface area contributed by atoms with Gasteiger partial charge in [0.25, 0.3) is 0 Å². The summed E-state index contributed by atoms with van der Waals surface area (Å²) in [6.45, 7) is 1.86. The van der Waals surface area contributed by atoms with Crippen LogP contribution in [0.4, 0.5) is 10.5 Å². The molecule has 0 saturated heterocycles. The summed E-state index contributed by atoms with van der Waals surface area (Å²) < 4.78 is 10.1. The lowest BCUT2D eigenvalue weighted by Gasteiger charge is -2.26. The Bertz CT molecular complexity index is 623. The molecule has 0 unspecified atom stereocenters. The lowest BCUT2D eigenvalue weighted by atomic mass is 9.86. The van der Waals surface area contributed by atoms with Gasteiger partial charge in [-0.25, -0.2) is 9.59 Å². The van der Waals surface area contributed by atoms with Crippen LogP contribution in [0.1, 0.15) is 32.6 Å². The Morgan fingerprint density at radius 1 is 1.12 bits per heavy atom. The molecule has 1 aliphatic rings. The topological polar surface area (TPSA) is 114 Å². The summed E-state index contributed by atoms with van der Waals surface area (Å²) in [5, 5.41) is 14.6. The summed E-state index contributed by atoms with van der Waals surface area (Å²) in [7, 11) is 0. The minimum atomic E-state index is -0.766. The fourth-order valence-electron chi connectivity index (χ4n) is 2.82. The maximum Gasteiger partial charge on any atom is 0.344 e. The van der Waals surface area contributed by atoms with Gasteiger partial charge in [0.1, 0.15) is 5.75 Å². The van der Waals surface area contributed by atoms with E-state index < -0.39 is 11.9 Å². The molecule has 1 aromatic carbocycles. The summed E-state index contributed by atoms with van der Waals surface area (Å²) in [6, 6.07) is 6.28. The van der Waals surface area contributed by atoms with E-state index in [1.54, 1.807) is 31.2 Å². The molecule has 0 bridgehead atoms. The van der Waals surface area contributed by atoms with Gasteiger partial charge in [-0.05, 0) is 56.9 Å². The van der Waals surface area contributed by atoms with Crippen LogP contribution in [-0.2, 0) is 14.3 Å². The van der Waals surface area contributed by atoms with Gasteiger partial charge in [0, 0.05) is 11.7 Å². The Labute approximate surface area is 151 Å². The van der Waals surface area contributed by atoms with Crippen molar-refractivity contribution >= 4 is 23.7 Å². The van der Waals surface area contributed by atoms with Crippen LogP contribution in [0.25, 0.3) is 0 Å². The standard InChI is InChI=1S/C18H24N2O6/c1-2-25-16(21)11-26-15-9-7-14(8-10-15)20-18(24)19-13-5-3-12(4-6-13)17(22)23/h7-10,12-13H,2-6,11H2,1H3,(H,22,23)(H2,19,20,24). The van der Waals surface area contributed by atoms with E-state index in [4.69, 9.17) is 14.6 Å². The number of amides is 2. The van der Waals surface area contributed by atoms with Gasteiger partial charge in [-0.2, -0.15) is 0 Å². The Hall–Kier alpha value is -2.77. The van der Waals surface area contributed by atoms with E-state index in [0.29, 0.717) is 43.7 Å². The molecule has 26 heavy (non-hydrogen) atoms. The van der Waals surface area contributed by atoms with Gasteiger partial charge in [-0.15, -0.1) is 0 Å². The van der Waals surface area contributed by atoms with E-state index in [-0.39, 0.29) is 24.6 Å². The van der Waals surface area contributed by atoms with Gasteiger partial charge in [0.05, 0.1) is 12.5 Å². The summed E-state index contributed by atoms with van der Waals surface area (Å²) in [4.78, 5) is 34.2. The number of urea groups is 1. The number of carbonyl (C=O) groups excluding carboxylic acids is 2. The first kappa shape index (κ1) is 19.6. The SMILES string of the molecule is CCOC(=O)COc1ccc(NC(=O)NC2CCC(C(=O)O)CC2)cc1. The molecular weight excluding hydrogens is 340 g/mol. The molecule has 1 aromatic rings. The third kappa shape index (κ3) is 6.27. The molecule has 3 N–H and O–H groups in total. The minimum absolute atomic E-state index is 0.0159. The number of hydrogen-bond acceptors (Lipinski definition) is 5. The number of benzene rings is 1. The van der Waals surface area contributed by atoms with Gasteiger partial charge in [-0.3, -0.25) is 4.79 Å². The van der Waals surface area contributed by atoms with Crippen molar-refractivity contribution in [2.24, 2.45) is 5.92 Å². The third-order valence-corrected chi connectivity index (χ3v) is 4.19. The number of anilines is 1. The molecule has 0 heterocycles. The summed E-state index contributed by atoms with van der Waals surface area (Å²) in [6.07, 6.45) is 2.47. The summed E-state index contributed by atoms with van der Waals surface area (Å²) >= 11 is 0. The van der Waals surface area contributed by atoms with E-state index in [9.17, 15) is 14.4 Å². The van der Waals surface area contributed by atoms with Crippen molar-refractivity contribution in [2.45, 2.75) is 38.6 Å². The number of carboxylic acids is 1.